The molecule has 0 atom stereocenters. The van der Waals surface area contributed by atoms with Crippen LogP contribution in [0, 0.1) is 19.8 Å². The van der Waals surface area contributed by atoms with E-state index in [1.54, 1.807) is 12.1 Å². The van der Waals surface area contributed by atoms with E-state index in [4.69, 9.17) is 4.74 Å². The van der Waals surface area contributed by atoms with Gasteiger partial charge in [-0.25, -0.2) is 0 Å². The van der Waals surface area contributed by atoms with Gasteiger partial charge in [-0.1, -0.05) is 26.0 Å². The molecule has 0 heterocycles. The predicted molar refractivity (Wildman–Crippen MR) is 90.6 cm³/mol. The number of hydrogen-bond donors (Lipinski definition) is 1. The summed E-state index contributed by atoms with van der Waals surface area (Å²) >= 11 is 0. The van der Waals surface area contributed by atoms with E-state index < -0.39 is 0 Å². The minimum atomic E-state index is -0.107. The lowest BCUT2D eigenvalue weighted by atomic mass is 10.1. The maximum atomic E-state index is 12.3. The van der Waals surface area contributed by atoms with Gasteiger partial charge in [0.25, 0.3) is 5.91 Å². The second kappa shape index (κ2) is 7.12. The number of aryl methyl sites for hydroxylation is 1. The van der Waals surface area contributed by atoms with Gasteiger partial charge in [-0.15, -0.1) is 0 Å². The summed E-state index contributed by atoms with van der Waals surface area (Å²) in [4.78, 5) is 12.3. The number of amides is 1. The van der Waals surface area contributed by atoms with E-state index in [-0.39, 0.29) is 5.91 Å². The summed E-state index contributed by atoms with van der Waals surface area (Å²) in [5.41, 5.74) is 3.73. The Hall–Kier alpha value is -2.29. The van der Waals surface area contributed by atoms with Gasteiger partial charge in [-0.2, -0.15) is 0 Å². The Bertz CT molecular complexity index is 645. The van der Waals surface area contributed by atoms with Crippen LogP contribution < -0.4 is 10.1 Å². The maximum Gasteiger partial charge on any atom is 0.255 e. The van der Waals surface area contributed by atoms with E-state index >= 15 is 0 Å². The lowest BCUT2D eigenvalue weighted by Crippen LogP contribution is -2.13. The van der Waals surface area contributed by atoms with Crippen molar-refractivity contribution in [3.8, 4) is 5.75 Å². The van der Waals surface area contributed by atoms with Crippen LogP contribution in [0.15, 0.2) is 42.5 Å². The van der Waals surface area contributed by atoms with E-state index in [1.165, 1.54) is 0 Å². The fourth-order valence-corrected chi connectivity index (χ4v) is 2.05. The summed E-state index contributed by atoms with van der Waals surface area (Å²) in [6.45, 7) is 8.92. The van der Waals surface area contributed by atoms with Crippen LogP contribution in [0.1, 0.15) is 35.3 Å². The molecule has 0 radical (unpaired) electrons. The van der Waals surface area contributed by atoms with Crippen molar-refractivity contribution in [3.63, 3.8) is 0 Å². The number of hydrogen-bond acceptors (Lipinski definition) is 2. The molecule has 0 fully saturated rings. The first kappa shape index (κ1) is 16.1. The monoisotopic (exact) mass is 297 g/mol. The molecule has 2 rings (SSSR count). The highest BCUT2D eigenvalue weighted by atomic mass is 16.5. The third kappa shape index (κ3) is 4.10. The lowest BCUT2D eigenvalue weighted by molar-refractivity contribution is 0.102. The molecule has 1 amide bonds. The molecule has 0 saturated heterocycles. The molecule has 0 aliphatic rings. The first-order chi connectivity index (χ1) is 10.5. The zero-order valence-electron chi connectivity index (χ0n) is 13.6. The Morgan fingerprint density at radius 3 is 2.41 bits per heavy atom. The molecule has 0 aromatic heterocycles. The molecular weight excluding hydrogens is 274 g/mol. The van der Waals surface area contributed by atoms with E-state index in [2.05, 4.69) is 19.2 Å². The smallest absolute Gasteiger partial charge is 0.255 e. The molecule has 2 aromatic carbocycles. The average molecular weight is 297 g/mol. The van der Waals surface area contributed by atoms with E-state index in [0.29, 0.717) is 18.1 Å². The molecule has 0 spiro atoms. The quantitative estimate of drug-likeness (QED) is 0.876. The van der Waals surface area contributed by atoms with Gasteiger partial charge in [-0.05, 0) is 61.2 Å². The zero-order valence-corrected chi connectivity index (χ0v) is 13.6. The van der Waals surface area contributed by atoms with Gasteiger partial charge in [0.05, 0.1) is 6.61 Å². The minimum absolute atomic E-state index is 0.107. The summed E-state index contributed by atoms with van der Waals surface area (Å²) in [7, 11) is 0. The van der Waals surface area contributed by atoms with Crippen LogP contribution in [0.25, 0.3) is 0 Å². The molecule has 0 bridgehead atoms. The van der Waals surface area contributed by atoms with Crippen LogP contribution in [-0.4, -0.2) is 12.5 Å². The Labute approximate surface area is 132 Å². The fourth-order valence-electron chi connectivity index (χ4n) is 2.05. The second-order valence-electron chi connectivity index (χ2n) is 5.93. The number of anilines is 1. The molecule has 0 unspecified atom stereocenters. The van der Waals surface area contributed by atoms with Crippen LogP contribution >= 0.6 is 0 Å². The molecule has 22 heavy (non-hydrogen) atoms. The topological polar surface area (TPSA) is 38.3 Å². The molecular formula is C19H23NO2. The fraction of sp³-hybridized carbons (Fsp3) is 0.316. The summed E-state index contributed by atoms with van der Waals surface area (Å²) < 4.78 is 5.62. The predicted octanol–water partition coefficient (Wildman–Crippen LogP) is 4.59. The lowest BCUT2D eigenvalue weighted by Gasteiger charge is -2.11. The maximum absolute atomic E-state index is 12.3. The van der Waals surface area contributed by atoms with Crippen molar-refractivity contribution in [3.05, 3.63) is 59.2 Å². The van der Waals surface area contributed by atoms with Crippen LogP contribution in [0.2, 0.25) is 0 Å². The first-order valence-corrected chi connectivity index (χ1v) is 7.58. The van der Waals surface area contributed by atoms with Gasteiger partial charge in [0.2, 0.25) is 0 Å². The number of ether oxygens (including phenoxy) is 1. The van der Waals surface area contributed by atoms with Crippen molar-refractivity contribution in [2.45, 2.75) is 27.7 Å². The van der Waals surface area contributed by atoms with Crippen molar-refractivity contribution >= 4 is 11.6 Å². The van der Waals surface area contributed by atoms with Gasteiger partial charge >= 0.3 is 0 Å². The molecule has 2 aromatic rings. The van der Waals surface area contributed by atoms with E-state index in [1.807, 2.05) is 44.2 Å². The standard InChI is InChI=1S/C19H23NO2/c1-13(2)12-22-17-10-8-16(9-11-17)19(21)20-18-7-5-6-14(3)15(18)4/h5-11,13H,12H2,1-4H3,(H,20,21). The molecule has 0 saturated carbocycles. The van der Waals surface area contributed by atoms with Crippen molar-refractivity contribution < 1.29 is 9.53 Å². The highest BCUT2D eigenvalue weighted by Gasteiger charge is 2.09. The number of carbonyl (C=O) groups excluding carboxylic acids is 1. The number of rotatable bonds is 5. The Kier molecular flexibility index (Phi) is 5.21. The highest BCUT2D eigenvalue weighted by Crippen LogP contribution is 2.20. The SMILES string of the molecule is Cc1cccc(NC(=O)c2ccc(OCC(C)C)cc2)c1C. The largest absolute Gasteiger partial charge is 0.493 e. The van der Waals surface area contributed by atoms with Crippen LogP contribution in [0.5, 0.6) is 5.75 Å². The summed E-state index contributed by atoms with van der Waals surface area (Å²) in [5, 5.41) is 2.96. The highest BCUT2D eigenvalue weighted by molar-refractivity contribution is 6.04. The molecule has 3 heteroatoms. The van der Waals surface area contributed by atoms with Crippen LogP contribution in [0.4, 0.5) is 5.69 Å². The van der Waals surface area contributed by atoms with Crippen molar-refractivity contribution in [2.75, 3.05) is 11.9 Å². The Morgan fingerprint density at radius 2 is 1.77 bits per heavy atom. The summed E-state index contributed by atoms with van der Waals surface area (Å²) in [6, 6.07) is 13.1. The van der Waals surface area contributed by atoms with E-state index in [9.17, 15) is 4.79 Å². The van der Waals surface area contributed by atoms with Crippen LogP contribution in [0.3, 0.4) is 0 Å². The van der Waals surface area contributed by atoms with Crippen molar-refractivity contribution in [1.82, 2.24) is 0 Å². The minimum Gasteiger partial charge on any atom is -0.493 e. The van der Waals surface area contributed by atoms with Gasteiger partial charge in [0.15, 0.2) is 0 Å². The third-order valence-corrected chi connectivity index (χ3v) is 3.55. The molecule has 116 valence electrons. The molecule has 1 N–H and O–H groups in total. The molecule has 3 nitrogen and oxygen atoms in total. The third-order valence-electron chi connectivity index (χ3n) is 3.55. The van der Waals surface area contributed by atoms with Gasteiger partial charge < -0.3 is 10.1 Å². The average Bonchev–Trinajstić information content (AvgIpc) is 2.50. The number of carbonyl (C=O) groups is 1. The van der Waals surface area contributed by atoms with Crippen molar-refractivity contribution in [1.29, 1.82) is 0 Å². The first-order valence-electron chi connectivity index (χ1n) is 7.58. The molecule has 0 aliphatic heterocycles. The van der Waals surface area contributed by atoms with Gasteiger partial charge in [0, 0.05) is 11.3 Å². The molecule has 0 aliphatic carbocycles. The van der Waals surface area contributed by atoms with E-state index in [0.717, 1.165) is 22.6 Å². The summed E-state index contributed by atoms with van der Waals surface area (Å²) in [6.07, 6.45) is 0. The number of nitrogens with one attached hydrogen (secondary N) is 1. The van der Waals surface area contributed by atoms with Crippen molar-refractivity contribution in [2.24, 2.45) is 5.92 Å². The number of benzene rings is 2. The second-order valence-corrected chi connectivity index (χ2v) is 5.93. The Morgan fingerprint density at radius 1 is 1.09 bits per heavy atom. The van der Waals surface area contributed by atoms with Crippen LogP contribution in [-0.2, 0) is 0 Å². The zero-order chi connectivity index (χ0) is 16.1. The normalized spacial score (nSPS) is 10.6. The van der Waals surface area contributed by atoms with Gasteiger partial charge in [-0.3, -0.25) is 4.79 Å². The van der Waals surface area contributed by atoms with Gasteiger partial charge in [0.1, 0.15) is 5.75 Å². The Balaban J connectivity index is 2.05. The summed E-state index contributed by atoms with van der Waals surface area (Å²) in [5.74, 6) is 1.16.